The molecule has 0 amide bonds. The highest BCUT2D eigenvalue weighted by Gasteiger charge is 2.14. The maximum absolute atomic E-state index is 12.6. The highest BCUT2D eigenvalue weighted by molar-refractivity contribution is 7.73. The minimum Gasteiger partial charge on any atom is -0.491 e. The molecule has 7 nitrogen and oxygen atoms in total. The standard InChI is InChI=1S/C18H16N4O3S2/c1-2-7-22-16-15(27-18(22)26)17(24)21(11-20-16)9-13(23)10-25-14-5-3-12(8-19)4-6-14/h2-6,11,13,23H,1,7,9-10H2. The van der Waals surface area contributed by atoms with E-state index in [0.717, 1.165) is 0 Å². The van der Waals surface area contributed by atoms with Gasteiger partial charge in [0.25, 0.3) is 5.56 Å². The van der Waals surface area contributed by atoms with Crippen LogP contribution in [0.1, 0.15) is 5.56 Å². The van der Waals surface area contributed by atoms with Gasteiger partial charge >= 0.3 is 0 Å². The third-order valence-electron chi connectivity index (χ3n) is 3.79. The van der Waals surface area contributed by atoms with Gasteiger partial charge in [-0.3, -0.25) is 9.36 Å². The van der Waals surface area contributed by atoms with Gasteiger partial charge in [0.05, 0.1) is 18.2 Å². The van der Waals surface area contributed by atoms with E-state index in [1.54, 1.807) is 34.9 Å². The van der Waals surface area contributed by atoms with Crippen molar-refractivity contribution in [1.29, 1.82) is 5.26 Å². The zero-order chi connectivity index (χ0) is 19.4. The molecule has 0 bridgehead atoms. The van der Waals surface area contributed by atoms with Crippen molar-refractivity contribution in [2.24, 2.45) is 0 Å². The second-order valence-electron chi connectivity index (χ2n) is 5.72. The summed E-state index contributed by atoms with van der Waals surface area (Å²) in [5.41, 5.74) is 0.797. The monoisotopic (exact) mass is 400 g/mol. The van der Waals surface area contributed by atoms with Crippen LogP contribution in [0.2, 0.25) is 0 Å². The van der Waals surface area contributed by atoms with Crippen molar-refractivity contribution < 1.29 is 9.84 Å². The fourth-order valence-electron chi connectivity index (χ4n) is 2.49. The number of aliphatic hydroxyl groups is 1. The number of hydrogen-bond donors (Lipinski definition) is 1. The van der Waals surface area contributed by atoms with E-state index in [-0.39, 0.29) is 18.7 Å². The summed E-state index contributed by atoms with van der Waals surface area (Å²) in [7, 11) is 0. The Morgan fingerprint density at radius 1 is 1.44 bits per heavy atom. The van der Waals surface area contributed by atoms with Gasteiger partial charge < -0.3 is 14.4 Å². The van der Waals surface area contributed by atoms with E-state index >= 15 is 0 Å². The molecular weight excluding hydrogens is 384 g/mol. The van der Waals surface area contributed by atoms with E-state index in [0.29, 0.717) is 32.2 Å². The molecule has 1 N–H and O–H groups in total. The number of aliphatic hydroxyl groups excluding tert-OH is 1. The number of aromatic nitrogens is 3. The summed E-state index contributed by atoms with van der Waals surface area (Å²) in [6.45, 7) is 4.21. The summed E-state index contributed by atoms with van der Waals surface area (Å²) in [6, 6.07) is 8.59. The van der Waals surface area contributed by atoms with E-state index in [2.05, 4.69) is 11.6 Å². The van der Waals surface area contributed by atoms with Crippen molar-refractivity contribution in [1.82, 2.24) is 14.1 Å². The maximum Gasteiger partial charge on any atom is 0.273 e. The molecule has 0 fully saturated rings. The first-order valence-electron chi connectivity index (χ1n) is 8.04. The Bertz CT molecular complexity index is 1120. The summed E-state index contributed by atoms with van der Waals surface area (Å²) in [6.07, 6.45) is 2.19. The molecule has 0 saturated heterocycles. The molecule has 1 aromatic carbocycles. The predicted molar refractivity (Wildman–Crippen MR) is 106 cm³/mol. The van der Waals surface area contributed by atoms with Gasteiger partial charge in [-0.15, -0.1) is 6.58 Å². The molecule has 0 spiro atoms. The number of nitrogens with zero attached hydrogens (tertiary/aromatic N) is 4. The maximum atomic E-state index is 12.6. The lowest BCUT2D eigenvalue weighted by Gasteiger charge is -2.13. The van der Waals surface area contributed by atoms with Crippen molar-refractivity contribution in [3.8, 4) is 11.8 Å². The van der Waals surface area contributed by atoms with Crippen LogP contribution in [0.3, 0.4) is 0 Å². The van der Waals surface area contributed by atoms with Crippen LogP contribution in [0.25, 0.3) is 10.3 Å². The molecule has 1 atom stereocenters. The van der Waals surface area contributed by atoms with Crippen LogP contribution < -0.4 is 10.3 Å². The second kappa shape index (κ2) is 8.26. The molecule has 2 heterocycles. The van der Waals surface area contributed by atoms with E-state index in [4.69, 9.17) is 22.2 Å². The topological polar surface area (TPSA) is 93.1 Å². The Morgan fingerprint density at radius 2 is 2.19 bits per heavy atom. The number of nitriles is 1. The molecule has 27 heavy (non-hydrogen) atoms. The highest BCUT2D eigenvalue weighted by atomic mass is 32.1. The molecule has 3 rings (SSSR count). The summed E-state index contributed by atoms with van der Waals surface area (Å²) < 4.78 is 9.59. The van der Waals surface area contributed by atoms with Gasteiger partial charge in [0, 0.05) is 6.54 Å². The van der Waals surface area contributed by atoms with Crippen LogP contribution in [-0.2, 0) is 13.1 Å². The van der Waals surface area contributed by atoms with Gasteiger partial charge in [0.2, 0.25) is 0 Å². The summed E-state index contributed by atoms with van der Waals surface area (Å²) >= 11 is 6.47. The number of rotatable bonds is 7. The quantitative estimate of drug-likeness (QED) is 0.484. The number of ether oxygens (including phenoxy) is 1. The van der Waals surface area contributed by atoms with Crippen LogP contribution >= 0.6 is 23.6 Å². The number of fused-ring (bicyclic) bond motifs is 1. The van der Waals surface area contributed by atoms with E-state index < -0.39 is 6.10 Å². The molecule has 9 heteroatoms. The molecule has 0 radical (unpaired) electrons. The normalized spacial score (nSPS) is 11.9. The zero-order valence-electron chi connectivity index (χ0n) is 14.2. The Morgan fingerprint density at radius 3 is 2.85 bits per heavy atom. The fourth-order valence-corrected chi connectivity index (χ4v) is 3.81. The Labute approximate surface area is 164 Å². The third kappa shape index (κ3) is 4.14. The summed E-state index contributed by atoms with van der Waals surface area (Å²) in [5.74, 6) is 0.536. The first kappa shape index (κ1) is 19.0. The average Bonchev–Trinajstić information content (AvgIpc) is 2.99. The van der Waals surface area contributed by atoms with Crippen molar-refractivity contribution in [3.05, 3.63) is 63.1 Å². The van der Waals surface area contributed by atoms with Crippen molar-refractivity contribution in [2.45, 2.75) is 19.2 Å². The molecule has 3 aromatic rings. The van der Waals surface area contributed by atoms with Crippen LogP contribution in [-0.4, -0.2) is 31.9 Å². The van der Waals surface area contributed by atoms with Crippen molar-refractivity contribution in [3.63, 3.8) is 0 Å². The zero-order valence-corrected chi connectivity index (χ0v) is 15.9. The third-order valence-corrected chi connectivity index (χ3v) is 5.21. The number of benzene rings is 1. The largest absolute Gasteiger partial charge is 0.491 e. The molecule has 0 aliphatic rings. The predicted octanol–water partition coefficient (Wildman–Crippen LogP) is 2.49. The molecule has 1 unspecified atom stereocenters. The highest BCUT2D eigenvalue weighted by Crippen LogP contribution is 2.18. The van der Waals surface area contributed by atoms with E-state index in [1.807, 2.05) is 6.07 Å². The van der Waals surface area contributed by atoms with E-state index in [1.165, 1.54) is 22.2 Å². The lowest BCUT2D eigenvalue weighted by molar-refractivity contribution is 0.0915. The first-order valence-corrected chi connectivity index (χ1v) is 9.26. The number of hydrogen-bond acceptors (Lipinski definition) is 7. The van der Waals surface area contributed by atoms with Gasteiger partial charge in [-0.1, -0.05) is 17.4 Å². The van der Waals surface area contributed by atoms with Crippen molar-refractivity contribution in [2.75, 3.05) is 6.61 Å². The smallest absolute Gasteiger partial charge is 0.273 e. The Kier molecular flexibility index (Phi) is 5.81. The SMILES string of the molecule is C=CCn1c(=S)sc2c(=O)n(CC(O)COc3ccc(C#N)cc3)cnc21. The summed E-state index contributed by atoms with van der Waals surface area (Å²) in [5, 5.41) is 19.0. The van der Waals surface area contributed by atoms with Gasteiger partial charge in [-0.25, -0.2) is 4.98 Å². The molecule has 0 aliphatic heterocycles. The number of thiazole rings is 1. The molecule has 2 aromatic heterocycles. The lowest BCUT2D eigenvalue weighted by Crippen LogP contribution is -2.30. The van der Waals surface area contributed by atoms with Gasteiger partial charge in [-0.05, 0) is 36.5 Å². The van der Waals surface area contributed by atoms with Gasteiger partial charge in [-0.2, -0.15) is 5.26 Å². The van der Waals surface area contributed by atoms with E-state index in [9.17, 15) is 9.90 Å². The van der Waals surface area contributed by atoms with Crippen LogP contribution in [0.4, 0.5) is 0 Å². The van der Waals surface area contributed by atoms with Crippen LogP contribution in [0, 0.1) is 15.3 Å². The minimum atomic E-state index is -0.902. The lowest BCUT2D eigenvalue weighted by atomic mass is 10.2. The molecule has 0 aliphatic carbocycles. The number of allylic oxidation sites excluding steroid dienone is 1. The molecule has 0 saturated carbocycles. The van der Waals surface area contributed by atoms with Gasteiger partial charge in [0.1, 0.15) is 29.5 Å². The Hall–Kier alpha value is -2.80. The minimum absolute atomic E-state index is 0.00354. The molecule has 138 valence electrons. The van der Waals surface area contributed by atoms with Gasteiger partial charge in [0.15, 0.2) is 9.60 Å². The summed E-state index contributed by atoms with van der Waals surface area (Å²) in [4.78, 5) is 17.0. The second-order valence-corrected chi connectivity index (χ2v) is 7.37. The average molecular weight is 400 g/mol. The van der Waals surface area contributed by atoms with Crippen LogP contribution in [0.5, 0.6) is 5.75 Å². The Balaban J connectivity index is 1.73. The first-order chi connectivity index (χ1) is 13.0. The fraction of sp³-hybridized carbons (Fsp3) is 0.222. The molecular formula is C18H16N4O3S2. The van der Waals surface area contributed by atoms with Crippen molar-refractivity contribution >= 4 is 33.9 Å². The van der Waals surface area contributed by atoms with Crippen LogP contribution in [0.15, 0.2) is 48.0 Å².